The molecule has 0 amide bonds. The first kappa shape index (κ1) is 26.1. The summed E-state index contributed by atoms with van der Waals surface area (Å²) < 4.78 is 6.47. The molecule has 1 unspecified atom stereocenters. The standard InChI is InChI=1S/C32H43NO5/c1-18(34)30(7)20-8-9-28(5)21(27(20,4)15-19(17-33)24(30)36)14-23(35)32-22-16-26(2,3)10-12-31(22,25(37)38-32)13-11-29(28,32)6/h14,18,20,22,34,36H,8-13,15-16H2,1-7H3/t18?,20-,22-,27+,28-,29+,30+,31+,32-/m1/s1. The fraction of sp³-hybridized carbons (Fsp3) is 0.781. The van der Waals surface area contributed by atoms with Crippen molar-refractivity contribution in [2.75, 3.05) is 0 Å². The third-order valence-electron chi connectivity index (χ3n) is 13.6. The van der Waals surface area contributed by atoms with Gasteiger partial charge in [-0.15, -0.1) is 0 Å². The molecule has 9 atom stereocenters. The molecule has 1 aliphatic heterocycles. The van der Waals surface area contributed by atoms with Crippen molar-refractivity contribution < 1.29 is 24.5 Å². The molecule has 0 aromatic carbocycles. The zero-order valence-corrected chi connectivity index (χ0v) is 24.0. The second-order valence-electron chi connectivity index (χ2n) is 15.4. The first-order chi connectivity index (χ1) is 17.5. The maximum Gasteiger partial charge on any atom is 0.313 e. The van der Waals surface area contributed by atoms with Crippen LogP contribution in [0.15, 0.2) is 23.0 Å². The van der Waals surface area contributed by atoms with Gasteiger partial charge in [0.05, 0.1) is 28.6 Å². The molecule has 3 saturated carbocycles. The van der Waals surface area contributed by atoms with Gasteiger partial charge in [-0.05, 0) is 93.5 Å². The lowest BCUT2D eigenvalue weighted by atomic mass is 9.33. The van der Waals surface area contributed by atoms with Crippen LogP contribution in [0.3, 0.4) is 0 Å². The number of carbonyl (C=O) groups is 2. The summed E-state index contributed by atoms with van der Waals surface area (Å²) in [6.45, 7) is 14.6. The molecule has 2 N–H and O–H groups in total. The second-order valence-corrected chi connectivity index (χ2v) is 15.4. The number of carbonyl (C=O) groups excluding carboxylic acids is 2. The smallest absolute Gasteiger partial charge is 0.313 e. The predicted molar refractivity (Wildman–Crippen MR) is 141 cm³/mol. The molecule has 1 spiro atoms. The van der Waals surface area contributed by atoms with E-state index < -0.39 is 38.8 Å². The number of ether oxygens (including phenoxy) is 1. The topological polar surface area (TPSA) is 108 Å². The van der Waals surface area contributed by atoms with Gasteiger partial charge in [-0.1, -0.05) is 40.2 Å². The van der Waals surface area contributed by atoms with E-state index in [4.69, 9.17) is 4.74 Å². The number of nitrogens with zero attached hydrogens (tertiary/aromatic N) is 1. The highest BCUT2D eigenvalue weighted by molar-refractivity contribution is 6.05. The number of fused-ring (bicyclic) bond motifs is 4. The number of allylic oxidation sites excluding steroid dienone is 2. The van der Waals surface area contributed by atoms with Gasteiger partial charge in [0.15, 0.2) is 11.4 Å². The van der Waals surface area contributed by atoms with Gasteiger partial charge in [0.25, 0.3) is 0 Å². The van der Waals surface area contributed by atoms with Gasteiger partial charge in [-0.2, -0.15) is 5.26 Å². The van der Waals surface area contributed by atoms with Gasteiger partial charge >= 0.3 is 5.97 Å². The molecule has 2 bridgehead atoms. The van der Waals surface area contributed by atoms with Crippen LogP contribution >= 0.6 is 0 Å². The van der Waals surface area contributed by atoms with E-state index in [2.05, 4.69) is 40.7 Å². The summed E-state index contributed by atoms with van der Waals surface area (Å²) in [6.07, 6.45) is 6.81. The van der Waals surface area contributed by atoms with E-state index in [1.54, 1.807) is 13.0 Å². The van der Waals surface area contributed by atoms with Gasteiger partial charge in [0.2, 0.25) is 0 Å². The van der Waals surface area contributed by atoms with E-state index in [-0.39, 0.29) is 34.8 Å². The van der Waals surface area contributed by atoms with Crippen molar-refractivity contribution in [1.29, 1.82) is 5.26 Å². The van der Waals surface area contributed by atoms with Crippen LogP contribution in [0.5, 0.6) is 0 Å². The maximum atomic E-state index is 14.6. The Morgan fingerprint density at radius 3 is 2.32 bits per heavy atom. The van der Waals surface area contributed by atoms with E-state index >= 15 is 0 Å². The Morgan fingerprint density at radius 1 is 1.03 bits per heavy atom. The highest BCUT2D eigenvalue weighted by Crippen LogP contribution is 2.79. The number of hydrogen-bond acceptors (Lipinski definition) is 6. The number of esters is 1. The van der Waals surface area contributed by atoms with Gasteiger partial charge in [-0.3, -0.25) is 9.59 Å². The fourth-order valence-electron chi connectivity index (χ4n) is 11.0. The summed E-state index contributed by atoms with van der Waals surface area (Å²) in [5.41, 5.74) is -3.00. The molecule has 5 aliphatic carbocycles. The summed E-state index contributed by atoms with van der Waals surface area (Å²) in [5, 5.41) is 32.2. The third kappa shape index (κ3) is 2.50. The molecule has 38 heavy (non-hydrogen) atoms. The molecule has 6 aliphatic rings. The van der Waals surface area contributed by atoms with Crippen LogP contribution in [0.4, 0.5) is 0 Å². The van der Waals surface area contributed by atoms with Crippen LogP contribution in [0, 0.1) is 55.7 Å². The molecule has 1 saturated heterocycles. The molecule has 6 nitrogen and oxygen atoms in total. The summed E-state index contributed by atoms with van der Waals surface area (Å²) >= 11 is 0. The molecule has 6 rings (SSSR count). The monoisotopic (exact) mass is 521 g/mol. The van der Waals surface area contributed by atoms with Crippen LogP contribution in [-0.4, -0.2) is 33.7 Å². The molecular weight excluding hydrogens is 478 g/mol. The number of hydrogen-bond donors (Lipinski definition) is 2. The lowest BCUT2D eigenvalue weighted by Crippen LogP contribution is -2.71. The Hall–Kier alpha value is -2.13. The quantitative estimate of drug-likeness (QED) is 0.413. The van der Waals surface area contributed by atoms with Crippen LogP contribution in [-0.2, 0) is 14.3 Å². The van der Waals surface area contributed by atoms with Crippen LogP contribution in [0.25, 0.3) is 0 Å². The van der Waals surface area contributed by atoms with Crippen molar-refractivity contribution >= 4 is 11.8 Å². The zero-order chi connectivity index (χ0) is 27.9. The number of rotatable bonds is 1. The first-order valence-electron chi connectivity index (χ1n) is 14.5. The average molecular weight is 522 g/mol. The Bertz CT molecular complexity index is 1270. The van der Waals surface area contributed by atoms with Crippen LogP contribution in [0.2, 0.25) is 0 Å². The highest BCUT2D eigenvalue weighted by atomic mass is 16.6. The molecule has 0 aromatic rings. The summed E-state index contributed by atoms with van der Waals surface area (Å²) in [7, 11) is 0. The summed E-state index contributed by atoms with van der Waals surface area (Å²) in [6, 6.07) is 2.22. The van der Waals surface area contributed by atoms with Crippen molar-refractivity contribution in [3.05, 3.63) is 23.0 Å². The minimum absolute atomic E-state index is 0.0110. The molecule has 4 fully saturated rings. The summed E-state index contributed by atoms with van der Waals surface area (Å²) in [5.74, 6) is -0.551. The van der Waals surface area contributed by atoms with Crippen LogP contribution < -0.4 is 0 Å². The molecule has 1 heterocycles. The van der Waals surface area contributed by atoms with E-state index in [1.165, 1.54) is 0 Å². The third-order valence-corrected chi connectivity index (χ3v) is 13.6. The van der Waals surface area contributed by atoms with E-state index in [1.807, 2.05) is 6.92 Å². The Balaban J connectivity index is 1.58. The van der Waals surface area contributed by atoms with Gasteiger partial charge in [-0.25, -0.2) is 0 Å². The van der Waals surface area contributed by atoms with Gasteiger partial charge in [0.1, 0.15) is 5.76 Å². The fourth-order valence-corrected chi connectivity index (χ4v) is 11.0. The van der Waals surface area contributed by atoms with Gasteiger partial charge in [0, 0.05) is 11.3 Å². The lowest BCUT2D eigenvalue weighted by Gasteiger charge is -2.69. The molecule has 206 valence electrons. The van der Waals surface area contributed by atoms with Crippen molar-refractivity contribution in [3.8, 4) is 6.07 Å². The van der Waals surface area contributed by atoms with Crippen molar-refractivity contribution in [2.45, 2.75) is 112 Å². The van der Waals surface area contributed by atoms with Gasteiger partial charge < -0.3 is 14.9 Å². The van der Waals surface area contributed by atoms with Crippen molar-refractivity contribution in [1.82, 2.24) is 0 Å². The van der Waals surface area contributed by atoms with E-state index in [0.717, 1.165) is 50.5 Å². The number of ketones is 1. The van der Waals surface area contributed by atoms with Crippen LogP contribution in [0.1, 0.15) is 99.8 Å². The minimum atomic E-state index is -1.17. The molecular formula is C32H43NO5. The van der Waals surface area contributed by atoms with Crippen molar-refractivity contribution in [3.63, 3.8) is 0 Å². The molecule has 6 heteroatoms. The molecule has 0 aromatic heterocycles. The zero-order valence-electron chi connectivity index (χ0n) is 24.0. The van der Waals surface area contributed by atoms with E-state index in [0.29, 0.717) is 12.0 Å². The highest BCUT2D eigenvalue weighted by Gasteiger charge is 2.82. The number of aliphatic hydroxyl groups excluding tert-OH is 2. The number of nitriles is 1. The normalized spacial score (nSPS) is 51.5. The van der Waals surface area contributed by atoms with E-state index in [9.17, 15) is 25.1 Å². The minimum Gasteiger partial charge on any atom is -0.511 e. The Kier molecular flexibility index (Phi) is 4.90. The predicted octanol–water partition coefficient (Wildman–Crippen LogP) is 5.95. The number of aliphatic hydroxyl groups is 2. The summed E-state index contributed by atoms with van der Waals surface area (Å²) in [4.78, 5) is 28.3. The molecule has 0 radical (unpaired) electrons. The van der Waals surface area contributed by atoms with Crippen molar-refractivity contribution in [2.24, 2.45) is 44.3 Å². The average Bonchev–Trinajstić information content (AvgIpc) is 3.03. The largest absolute Gasteiger partial charge is 0.511 e. The SMILES string of the molecule is CC(O)[C@]1(C)C(O)=C(C#N)C[C@]2(C)C3=CC(=O)[C@]45OC(=O)[C@@]6(CCC(C)(C)C[C@H]64)CC[C@@]5(C)[C@]3(C)CC[C@@H]12. The first-order valence-corrected chi connectivity index (χ1v) is 14.5. The Morgan fingerprint density at radius 2 is 1.68 bits per heavy atom. The lowest BCUT2D eigenvalue weighted by molar-refractivity contribution is -0.209. The second kappa shape index (κ2) is 7.14. The maximum absolute atomic E-state index is 14.6. The Labute approximate surface area is 226 Å².